The molecule has 12 nitrogen and oxygen atoms in total. The van der Waals surface area contributed by atoms with Gasteiger partial charge in [-0.25, -0.2) is 9.59 Å². The van der Waals surface area contributed by atoms with Crippen LogP contribution in [0.15, 0.2) is 60.7 Å². The van der Waals surface area contributed by atoms with Crippen molar-refractivity contribution in [3.8, 4) is 0 Å². The Morgan fingerprint density at radius 2 is 1.47 bits per heavy atom. The number of nitro benzene ring substituents is 2. The summed E-state index contributed by atoms with van der Waals surface area (Å²) in [6.07, 6.45) is 2.88. The largest absolute Gasteiger partial charge is 0.400 e. The van der Waals surface area contributed by atoms with E-state index in [0.29, 0.717) is 31.7 Å². The number of hydrogen-bond acceptors (Lipinski definition) is 10. The Kier molecular flexibility index (Phi) is 6.97. The lowest BCUT2D eigenvalue weighted by molar-refractivity contribution is -0.385. The van der Waals surface area contributed by atoms with Crippen molar-refractivity contribution >= 4 is 29.0 Å². The first-order chi connectivity index (χ1) is 17.1. The molecule has 1 saturated heterocycles. The normalized spacial score (nSPS) is 19.1. The molecule has 2 aromatic rings. The summed E-state index contributed by atoms with van der Waals surface area (Å²) < 4.78 is 11.3. The molecule has 1 fully saturated rings. The Labute approximate surface area is 206 Å². The number of rotatable bonds is 7. The second-order valence-corrected chi connectivity index (χ2v) is 8.79. The topological polar surface area (TPSA) is 145 Å². The molecule has 2 aromatic carbocycles. The van der Waals surface area contributed by atoms with Crippen LogP contribution in [0.3, 0.4) is 0 Å². The van der Waals surface area contributed by atoms with E-state index in [1.54, 1.807) is 17.0 Å². The van der Waals surface area contributed by atoms with Crippen LogP contribution in [0.1, 0.15) is 18.4 Å². The highest BCUT2D eigenvalue weighted by Gasteiger charge is 2.50. The predicted octanol–water partition coefficient (Wildman–Crippen LogP) is 3.16. The summed E-state index contributed by atoms with van der Waals surface area (Å²) in [6.45, 7) is 1.48. The standard InChI is InChI=1S/C24H24N4O8/c1-25(15-17-2-4-20(5-3-17)27(31)32)16-18-12-13-26(19-6-8-21(9-7-19)28(33)34)24(14-18)35-22(29)10-11-23(30)36-24/h2-11,18H,12-16H2,1H3. The van der Waals surface area contributed by atoms with Crippen molar-refractivity contribution in [1.82, 2.24) is 4.90 Å². The SMILES string of the molecule is CN(Cc1ccc([N+](=O)[O-])cc1)CC1CCN(c2ccc([N+](=O)[O-])cc2)C2(C1)OC(=O)C=CC(=O)O2. The van der Waals surface area contributed by atoms with Crippen molar-refractivity contribution in [2.75, 3.05) is 25.0 Å². The Morgan fingerprint density at radius 1 is 0.944 bits per heavy atom. The molecule has 0 amide bonds. The first kappa shape index (κ1) is 24.8. The second kappa shape index (κ2) is 10.1. The van der Waals surface area contributed by atoms with Crippen molar-refractivity contribution in [2.24, 2.45) is 5.92 Å². The summed E-state index contributed by atoms with van der Waals surface area (Å²) in [7, 11) is 1.91. The van der Waals surface area contributed by atoms with E-state index in [4.69, 9.17) is 9.47 Å². The molecular weight excluding hydrogens is 472 g/mol. The van der Waals surface area contributed by atoms with E-state index in [0.717, 1.165) is 17.7 Å². The third-order valence-corrected chi connectivity index (χ3v) is 6.14. The number of ether oxygens (including phenoxy) is 2. The van der Waals surface area contributed by atoms with E-state index in [-0.39, 0.29) is 23.7 Å². The van der Waals surface area contributed by atoms with E-state index in [9.17, 15) is 29.8 Å². The summed E-state index contributed by atoms with van der Waals surface area (Å²) in [4.78, 5) is 49.4. The fourth-order valence-corrected chi connectivity index (χ4v) is 4.57. The summed E-state index contributed by atoms with van der Waals surface area (Å²) in [5, 5.41) is 21.9. The highest BCUT2D eigenvalue weighted by Crippen LogP contribution is 2.39. The molecule has 12 heteroatoms. The fraction of sp³-hybridized carbons (Fsp3) is 0.333. The molecule has 188 valence electrons. The average molecular weight is 496 g/mol. The fourth-order valence-electron chi connectivity index (χ4n) is 4.57. The van der Waals surface area contributed by atoms with Crippen LogP contribution in [0.2, 0.25) is 0 Å². The van der Waals surface area contributed by atoms with E-state index in [2.05, 4.69) is 0 Å². The minimum atomic E-state index is -1.70. The van der Waals surface area contributed by atoms with Crippen LogP contribution in [-0.4, -0.2) is 52.7 Å². The van der Waals surface area contributed by atoms with Gasteiger partial charge in [0.25, 0.3) is 11.4 Å². The van der Waals surface area contributed by atoms with Gasteiger partial charge in [-0.1, -0.05) is 12.1 Å². The Balaban J connectivity index is 1.52. The molecule has 1 atom stereocenters. The number of carbonyl (C=O) groups is 2. The van der Waals surface area contributed by atoms with E-state index in [1.807, 2.05) is 11.9 Å². The lowest BCUT2D eigenvalue weighted by Crippen LogP contribution is -2.59. The van der Waals surface area contributed by atoms with Crippen LogP contribution in [-0.2, 0) is 25.6 Å². The summed E-state index contributed by atoms with van der Waals surface area (Å²) >= 11 is 0. The van der Waals surface area contributed by atoms with Crippen LogP contribution in [0.4, 0.5) is 17.1 Å². The van der Waals surface area contributed by atoms with Crippen molar-refractivity contribution in [1.29, 1.82) is 0 Å². The first-order valence-corrected chi connectivity index (χ1v) is 11.2. The number of piperidine rings is 1. The van der Waals surface area contributed by atoms with Gasteiger partial charge in [0.1, 0.15) is 0 Å². The number of hydrogen-bond donors (Lipinski definition) is 0. The van der Waals surface area contributed by atoms with Gasteiger partial charge in [-0.05, 0) is 37.1 Å². The van der Waals surface area contributed by atoms with E-state index >= 15 is 0 Å². The highest BCUT2D eigenvalue weighted by atomic mass is 16.8. The Morgan fingerprint density at radius 3 is 2.00 bits per heavy atom. The lowest BCUT2D eigenvalue weighted by atomic mass is 9.92. The molecule has 4 rings (SSSR count). The van der Waals surface area contributed by atoms with Crippen LogP contribution >= 0.6 is 0 Å². The molecule has 0 aliphatic carbocycles. The number of benzene rings is 2. The number of anilines is 1. The molecule has 0 saturated carbocycles. The van der Waals surface area contributed by atoms with Gasteiger partial charge in [-0.15, -0.1) is 0 Å². The van der Waals surface area contributed by atoms with Gasteiger partial charge >= 0.3 is 17.8 Å². The molecule has 36 heavy (non-hydrogen) atoms. The lowest BCUT2D eigenvalue weighted by Gasteiger charge is -2.47. The number of nitro groups is 2. The molecular formula is C24H24N4O8. The van der Waals surface area contributed by atoms with E-state index < -0.39 is 27.7 Å². The minimum Gasteiger partial charge on any atom is -0.400 e. The van der Waals surface area contributed by atoms with Gasteiger partial charge in [-0.3, -0.25) is 20.2 Å². The quantitative estimate of drug-likeness (QED) is 0.318. The molecule has 2 aliphatic heterocycles. The van der Waals surface area contributed by atoms with Gasteiger partial charge < -0.3 is 19.3 Å². The van der Waals surface area contributed by atoms with Gasteiger partial charge in [0.2, 0.25) is 0 Å². The molecule has 2 heterocycles. The van der Waals surface area contributed by atoms with Crippen molar-refractivity contribution in [3.63, 3.8) is 0 Å². The van der Waals surface area contributed by atoms with Gasteiger partial charge in [0.05, 0.1) is 16.3 Å². The summed E-state index contributed by atoms with van der Waals surface area (Å²) in [5.41, 5.74) is 1.35. The number of carbonyl (C=O) groups excluding carboxylic acids is 2. The first-order valence-electron chi connectivity index (χ1n) is 11.2. The number of non-ortho nitro benzene ring substituents is 2. The smallest absolute Gasteiger partial charge is 0.343 e. The highest BCUT2D eigenvalue weighted by molar-refractivity contribution is 5.93. The molecule has 2 aliphatic rings. The van der Waals surface area contributed by atoms with Crippen molar-refractivity contribution in [2.45, 2.75) is 25.3 Å². The maximum atomic E-state index is 12.4. The average Bonchev–Trinajstić information content (AvgIpc) is 2.97. The maximum absolute atomic E-state index is 12.4. The summed E-state index contributed by atoms with van der Waals surface area (Å²) in [5.74, 6) is -3.19. The molecule has 0 radical (unpaired) electrons. The van der Waals surface area contributed by atoms with Gasteiger partial charge in [0.15, 0.2) is 0 Å². The van der Waals surface area contributed by atoms with E-state index in [1.165, 1.54) is 36.4 Å². The maximum Gasteiger partial charge on any atom is 0.343 e. The summed E-state index contributed by atoms with van der Waals surface area (Å²) in [6, 6.07) is 12.1. The zero-order valence-corrected chi connectivity index (χ0v) is 19.4. The molecule has 0 bridgehead atoms. The minimum absolute atomic E-state index is 0.0209. The number of esters is 2. The molecule has 1 spiro atoms. The zero-order chi connectivity index (χ0) is 25.9. The van der Waals surface area contributed by atoms with Gasteiger partial charge in [0, 0.05) is 61.7 Å². The van der Waals surface area contributed by atoms with Crippen molar-refractivity contribution < 1.29 is 28.9 Å². The number of nitrogens with zero attached hydrogens (tertiary/aromatic N) is 4. The monoisotopic (exact) mass is 496 g/mol. The molecule has 0 N–H and O–H groups in total. The zero-order valence-electron chi connectivity index (χ0n) is 19.4. The second-order valence-electron chi connectivity index (χ2n) is 8.79. The van der Waals surface area contributed by atoms with Crippen LogP contribution in [0, 0.1) is 26.1 Å². The third kappa shape index (κ3) is 5.49. The van der Waals surface area contributed by atoms with Crippen LogP contribution in [0.5, 0.6) is 0 Å². The van der Waals surface area contributed by atoms with Crippen LogP contribution < -0.4 is 4.90 Å². The van der Waals surface area contributed by atoms with Crippen molar-refractivity contribution in [3.05, 3.63) is 86.5 Å². The Hall–Kier alpha value is -4.32. The van der Waals surface area contributed by atoms with Crippen LogP contribution in [0.25, 0.3) is 0 Å². The van der Waals surface area contributed by atoms with Gasteiger partial charge in [-0.2, -0.15) is 0 Å². The molecule has 1 unspecified atom stereocenters. The Bertz CT molecular complexity index is 1180. The molecule has 0 aromatic heterocycles. The predicted molar refractivity (Wildman–Crippen MR) is 127 cm³/mol. The third-order valence-electron chi connectivity index (χ3n) is 6.14.